The van der Waals surface area contributed by atoms with Crippen molar-refractivity contribution < 1.29 is 0 Å². The van der Waals surface area contributed by atoms with E-state index in [0.717, 1.165) is 17.1 Å². The van der Waals surface area contributed by atoms with E-state index in [2.05, 4.69) is 6.58 Å². The predicted octanol–water partition coefficient (Wildman–Crippen LogP) is 2.26. The van der Waals surface area contributed by atoms with Crippen LogP contribution in [0.2, 0.25) is 0 Å². The van der Waals surface area contributed by atoms with Crippen LogP contribution < -0.4 is 11.4 Å². The van der Waals surface area contributed by atoms with Gasteiger partial charge in [-0.15, -0.1) is 0 Å². The maximum atomic E-state index is 13.2. The average molecular weight is 332 g/mol. The van der Waals surface area contributed by atoms with E-state index >= 15 is 0 Å². The molecule has 1 aromatic heterocycles. The Morgan fingerprint density at radius 1 is 1.08 bits per heavy atom. The number of rotatable bonds is 3. The molecule has 25 heavy (non-hydrogen) atoms. The Hall–Kier alpha value is -2.56. The van der Waals surface area contributed by atoms with Gasteiger partial charge in [0.15, 0.2) is 0 Å². The van der Waals surface area contributed by atoms with E-state index in [1.54, 1.807) is 22.9 Å². The van der Waals surface area contributed by atoms with Crippen LogP contribution in [-0.2, 0) is 6.54 Å². The minimum Gasteiger partial charge on any atom is -0.245 e. The van der Waals surface area contributed by atoms with Gasteiger partial charge in [0.25, 0.3) is 0 Å². The molecule has 0 amide bonds. The second-order valence-electron chi connectivity index (χ2n) is 6.20. The molecule has 2 heterocycles. The summed E-state index contributed by atoms with van der Waals surface area (Å²) in [5.41, 5.74) is 1.92. The number of allylic oxidation sites excluding steroid dienone is 3. The molecule has 4 rings (SSSR count). The van der Waals surface area contributed by atoms with Gasteiger partial charge in [-0.3, -0.25) is 0 Å². The fraction of sp³-hybridized carbons (Fsp3) is 0.150. The van der Waals surface area contributed by atoms with Crippen LogP contribution in [0.5, 0.6) is 0 Å². The van der Waals surface area contributed by atoms with E-state index in [-0.39, 0.29) is 17.4 Å². The molecule has 5 heteroatoms. The number of nitrogens with zero attached hydrogens (tertiary/aromatic N) is 3. The van der Waals surface area contributed by atoms with Gasteiger partial charge in [-0.05, 0) is 55.9 Å². The van der Waals surface area contributed by atoms with Crippen LogP contribution in [0.15, 0.2) is 63.7 Å². The molecule has 2 aromatic rings. The van der Waals surface area contributed by atoms with E-state index in [0.29, 0.717) is 12.2 Å². The summed E-state index contributed by atoms with van der Waals surface area (Å²) in [4.78, 5) is 26.1. The highest BCUT2D eigenvalue weighted by molar-refractivity contribution is 5.46. The predicted molar refractivity (Wildman–Crippen MR) is 96.7 cm³/mol. The lowest BCUT2D eigenvalue weighted by atomic mass is 9.88. The molecule has 1 aliphatic heterocycles. The highest BCUT2D eigenvalue weighted by Crippen LogP contribution is 2.40. The van der Waals surface area contributed by atoms with Crippen LogP contribution in [0.25, 0.3) is 5.69 Å². The van der Waals surface area contributed by atoms with Crippen molar-refractivity contribution in [2.45, 2.75) is 19.5 Å². The second kappa shape index (κ2) is 6.06. The Morgan fingerprint density at radius 3 is 2.40 bits per heavy atom. The molecule has 2 aliphatic rings. The first-order chi connectivity index (χ1) is 12.1. The van der Waals surface area contributed by atoms with E-state index in [1.165, 1.54) is 9.25 Å². The molecule has 1 unspecified atom stereocenters. The van der Waals surface area contributed by atoms with Crippen molar-refractivity contribution in [3.05, 3.63) is 107 Å². The molecule has 1 saturated carbocycles. The van der Waals surface area contributed by atoms with E-state index in [9.17, 15) is 9.59 Å². The summed E-state index contributed by atoms with van der Waals surface area (Å²) < 4.78 is 4.30. The normalized spacial score (nSPS) is 20.8. The van der Waals surface area contributed by atoms with Crippen molar-refractivity contribution in [3.8, 4) is 5.69 Å². The minimum absolute atomic E-state index is 0.324. The number of benzene rings is 1. The smallest absolute Gasteiger partial charge is 0.245 e. The van der Waals surface area contributed by atoms with Gasteiger partial charge in [-0.1, -0.05) is 30.9 Å². The van der Waals surface area contributed by atoms with Crippen molar-refractivity contribution >= 4 is 0 Å². The molecule has 1 aliphatic carbocycles. The molecule has 125 valence electrons. The largest absolute Gasteiger partial charge is 0.352 e. The summed E-state index contributed by atoms with van der Waals surface area (Å²) in [6.45, 7) is 6.28. The second-order valence-corrected chi connectivity index (χ2v) is 6.20. The van der Waals surface area contributed by atoms with E-state index in [1.807, 2.05) is 50.8 Å². The van der Waals surface area contributed by atoms with Crippen LogP contribution in [-0.4, -0.2) is 13.9 Å². The monoisotopic (exact) mass is 332 g/mol. The number of para-hydroxylation sites is 1. The third kappa shape index (κ3) is 2.37. The van der Waals surface area contributed by atoms with Gasteiger partial charge >= 0.3 is 11.4 Å². The molecule has 1 atom stereocenters. The molecule has 0 spiro atoms. The van der Waals surface area contributed by atoms with Crippen molar-refractivity contribution in [1.29, 1.82) is 0 Å². The topological polar surface area (TPSA) is 48.9 Å². The highest BCUT2D eigenvalue weighted by atomic mass is 16.2. The minimum atomic E-state index is -0.341. The van der Waals surface area contributed by atoms with Gasteiger partial charge in [-0.2, -0.15) is 0 Å². The SMILES string of the molecule is C=CC1=C(C)Cn2c(=O)n(-c3ccccc3)c(=O)n2C1[C]1[CH][CH][CH][CH]1. The van der Waals surface area contributed by atoms with Gasteiger partial charge in [-0.25, -0.2) is 23.5 Å². The molecule has 5 radical (unpaired) electrons. The zero-order valence-electron chi connectivity index (χ0n) is 13.9. The molecule has 5 nitrogen and oxygen atoms in total. The zero-order valence-corrected chi connectivity index (χ0v) is 13.9. The summed E-state index contributed by atoms with van der Waals surface area (Å²) in [5, 5.41) is 0. The van der Waals surface area contributed by atoms with Gasteiger partial charge in [0.2, 0.25) is 0 Å². The molecular weight excluding hydrogens is 314 g/mol. The number of fused-ring (bicyclic) bond motifs is 1. The van der Waals surface area contributed by atoms with Crippen molar-refractivity contribution in [2.24, 2.45) is 0 Å². The van der Waals surface area contributed by atoms with Gasteiger partial charge in [0, 0.05) is 5.92 Å². The van der Waals surface area contributed by atoms with Gasteiger partial charge < -0.3 is 0 Å². The summed E-state index contributed by atoms with van der Waals surface area (Å²) in [7, 11) is 0. The lowest BCUT2D eigenvalue weighted by molar-refractivity contribution is 0.396. The molecule has 1 aromatic carbocycles. The highest BCUT2D eigenvalue weighted by Gasteiger charge is 2.37. The zero-order chi connectivity index (χ0) is 17.6. The van der Waals surface area contributed by atoms with Gasteiger partial charge in [0.05, 0.1) is 18.3 Å². The number of hydrogen-bond acceptors (Lipinski definition) is 2. The van der Waals surface area contributed by atoms with Crippen LogP contribution in [0.1, 0.15) is 13.0 Å². The van der Waals surface area contributed by atoms with Crippen molar-refractivity contribution in [2.75, 3.05) is 0 Å². The van der Waals surface area contributed by atoms with Crippen LogP contribution in [0.3, 0.4) is 0 Å². The third-order valence-electron chi connectivity index (χ3n) is 4.72. The number of hydrogen-bond donors (Lipinski definition) is 0. The first-order valence-corrected chi connectivity index (χ1v) is 8.17. The molecular formula is C20H18N3O2. The van der Waals surface area contributed by atoms with Crippen LogP contribution in [0, 0.1) is 31.6 Å². The maximum absolute atomic E-state index is 13.2. The Morgan fingerprint density at radius 2 is 1.76 bits per heavy atom. The first kappa shape index (κ1) is 15.9. The molecule has 0 bridgehead atoms. The van der Waals surface area contributed by atoms with Crippen molar-refractivity contribution in [3.63, 3.8) is 0 Å². The summed E-state index contributed by atoms with van der Waals surface area (Å²) in [5.74, 6) is 0.968. The standard InChI is InChI=1S/C20H18N3O2/c1-3-17-14(2)13-21-19(24)22(16-11-5-4-6-12-16)20(25)23(21)18(17)15-9-7-8-10-15/h3-12,18H,1,13H2,2H3. The maximum Gasteiger partial charge on any atom is 0.352 e. The van der Waals surface area contributed by atoms with E-state index < -0.39 is 0 Å². The summed E-state index contributed by atoms with van der Waals surface area (Å²) in [6, 6.07) is 8.68. The lowest BCUT2D eigenvalue weighted by Gasteiger charge is -2.32. The van der Waals surface area contributed by atoms with Crippen LogP contribution in [0.4, 0.5) is 0 Å². The quantitative estimate of drug-likeness (QED) is 0.866. The number of aromatic nitrogens is 3. The fourth-order valence-electron chi connectivity index (χ4n) is 3.55. The van der Waals surface area contributed by atoms with Crippen molar-refractivity contribution in [1.82, 2.24) is 13.9 Å². The first-order valence-electron chi connectivity index (χ1n) is 8.17. The lowest BCUT2D eigenvalue weighted by Crippen LogP contribution is -2.38. The van der Waals surface area contributed by atoms with Gasteiger partial charge in [0.1, 0.15) is 0 Å². The van der Waals surface area contributed by atoms with Crippen LogP contribution >= 0.6 is 0 Å². The summed E-state index contributed by atoms with van der Waals surface area (Å²) in [6.07, 6.45) is 9.58. The summed E-state index contributed by atoms with van der Waals surface area (Å²) >= 11 is 0. The Bertz CT molecular complexity index is 953. The molecule has 0 N–H and O–H groups in total. The Labute approximate surface area is 146 Å². The third-order valence-corrected chi connectivity index (χ3v) is 4.72. The fourth-order valence-corrected chi connectivity index (χ4v) is 3.55. The Kier molecular flexibility index (Phi) is 3.86. The Balaban J connectivity index is 1.96. The molecule has 0 saturated heterocycles. The molecule has 1 fully saturated rings. The average Bonchev–Trinajstić information content (AvgIpc) is 3.23. The van der Waals surface area contributed by atoms with E-state index in [4.69, 9.17) is 0 Å².